The number of nitrogens with one attached hydrogen (secondary N) is 1. The average molecular weight is 125 g/mol. The molecule has 1 aliphatic carbocycles. The molecule has 1 radical (unpaired) electrons. The highest BCUT2D eigenvalue weighted by atomic mass is 15.0. The van der Waals surface area contributed by atoms with Crippen molar-refractivity contribution in [1.82, 2.24) is 0 Å². The van der Waals surface area contributed by atoms with Gasteiger partial charge < -0.3 is 0 Å². The molecule has 0 heterocycles. The van der Waals surface area contributed by atoms with Crippen molar-refractivity contribution >= 4 is 0 Å². The minimum Gasteiger partial charge on any atom is -0.209 e. The van der Waals surface area contributed by atoms with E-state index in [1.807, 2.05) is 0 Å². The third-order valence-corrected chi connectivity index (χ3v) is 1.84. The molecule has 0 unspecified atom stereocenters. The highest BCUT2D eigenvalue weighted by Crippen LogP contribution is 2.24. The van der Waals surface area contributed by atoms with E-state index < -0.39 is 0 Å². The van der Waals surface area contributed by atoms with Gasteiger partial charge in [-0.25, -0.2) is 5.53 Å². The van der Waals surface area contributed by atoms with E-state index in [2.05, 4.69) is 5.11 Å². The van der Waals surface area contributed by atoms with Crippen LogP contribution in [0.1, 0.15) is 38.5 Å². The Hall–Kier alpha value is -0.400. The van der Waals surface area contributed by atoms with Crippen LogP contribution < -0.4 is 0 Å². The van der Waals surface area contributed by atoms with Crippen LogP contribution in [0.15, 0.2) is 5.11 Å². The molecule has 0 aromatic rings. The van der Waals surface area contributed by atoms with Crippen molar-refractivity contribution in [2.75, 3.05) is 0 Å². The van der Waals surface area contributed by atoms with E-state index in [1.54, 1.807) is 0 Å². The zero-order valence-electron chi connectivity index (χ0n) is 5.69. The lowest BCUT2D eigenvalue weighted by atomic mass is 10.1. The lowest BCUT2D eigenvalue weighted by Gasteiger charge is -2.01. The molecule has 1 rings (SSSR count). The largest absolute Gasteiger partial charge is 0.209 e. The molecule has 1 saturated carbocycles. The molecule has 0 aromatic heterocycles. The van der Waals surface area contributed by atoms with Crippen LogP contribution in [0.4, 0.5) is 0 Å². The molecule has 1 fully saturated rings. The van der Waals surface area contributed by atoms with Gasteiger partial charge in [-0.1, -0.05) is 25.7 Å². The van der Waals surface area contributed by atoms with E-state index >= 15 is 0 Å². The highest BCUT2D eigenvalue weighted by Gasteiger charge is 2.10. The van der Waals surface area contributed by atoms with Crippen LogP contribution in [0.25, 0.3) is 0 Å². The quantitative estimate of drug-likeness (QED) is 0.413. The van der Waals surface area contributed by atoms with E-state index in [4.69, 9.17) is 5.53 Å². The Morgan fingerprint density at radius 3 is 2.00 bits per heavy atom. The summed E-state index contributed by atoms with van der Waals surface area (Å²) >= 11 is 0. The molecular formula is C7H13N2. The van der Waals surface area contributed by atoms with E-state index in [0.29, 0.717) is 0 Å². The van der Waals surface area contributed by atoms with Crippen molar-refractivity contribution in [3.63, 3.8) is 0 Å². The normalized spacial score (nSPS) is 23.1. The van der Waals surface area contributed by atoms with Crippen LogP contribution in [0.3, 0.4) is 0 Å². The second-order valence-corrected chi connectivity index (χ2v) is 2.59. The van der Waals surface area contributed by atoms with Crippen molar-refractivity contribution in [3.8, 4) is 0 Å². The molecule has 2 heteroatoms. The topological polar surface area (TPSA) is 36.2 Å². The molecule has 9 heavy (non-hydrogen) atoms. The third-order valence-electron chi connectivity index (χ3n) is 1.84. The van der Waals surface area contributed by atoms with Crippen LogP contribution in [0.2, 0.25) is 0 Å². The zero-order chi connectivity index (χ0) is 6.53. The Morgan fingerprint density at radius 2 is 1.56 bits per heavy atom. The lowest BCUT2D eigenvalue weighted by molar-refractivity contribution is 0.689. The van der Waals surface area contributed by atoms with Gasteiger partial charge in [-0.05, 0) is 12.8 Å². The predicted molar refractivity (Wildman–Crippen MR) is 36.1 cm³/mol. The molecule has 0 spiro atoms. The standard InChI is InChI=1S/C7H13N2/c8-9-7-5-3-1-2-4-6-7/h8H,1-6H2. The molecule has 0 amide bonds. The fourth-order valence-corrected chi connectivity index (χ4v) is 1.25. The second kappa shape index (κ2) is 3.59. The summed E-state index contributed by atoms with van der Waals surface area (Å²) in [6, 6.07) is 1.10. The SMILES string of the molecule is N=N[C]1CCCCCC1. The van der Waals surface area contributed by atoms with Gasteiger partial charge in [-0.2, -0.15) is 5.11 Å². The summed E-state index contributed by atoms with van der Waals surface area (Å²) in [4.78, 5) is 0. The summed E-state index contributed by atoms with van der Waals surface area (Å²) in [5.41, 5.74) is 6.78. The van der Waals surface area contributed by atoms with Gasteiger partial charge in [0.1, 0.15) is 6.04 Å². The molecule has 1 N–H and O–H groups in total. The molecule has 51 valence electrons. The predicted octanol–water partition coefficient (Wildman–Crippen LogP) is 2.90. The second-order valence-electron chi connectivity index (χ2n) is 2.59. The Morgan fingerprint density at radius 1 is 1.00 bits per heavy atom. The van der Waals surface area contributed by atoms with Crippen molar-refractivity contribution < 1.29 is 0 Å². The average Bonchev–Trinajstić information content (AvgIpc) is 2.13. The van der Waals surface area contributed by atoms with Gasteiger partial charge >= 0.3 is 0 Å². The third kappa shape index (κ3) is 2.12. The van der Waals surface area contributed by atoms with Gasteiger partial charge in [0.2, 0.25) is 0 Å². The fraction of sp³-hybridized carbons (Fsp3) is 0.857. The molecule has 1 aliphatic rings. The molecule has 0 aliphatic heterocycles. The summed E-state index contributed by atoms with van der Waals surface area (Å²) < 4.78 is 0. The number of hydrogen-bond acceptors (Lipinski definition) is 2. The van der Waals surface area contributed by atoms with Gasteiger partial charge in [0.15, 0.2) is 0 Å². The lowest BCUT2D eigenvalue weighted by Crippen LogP contribution is -1.87. The monoisotopic (exact) mass is 125 g/mol. The number of hydrogen-bond donors (Lipinski definition) is 1. The first-order valence-corrected chi connectivity index (χ1v) is 3.65. The van der Waals surface area contributed by atoms with E-state index in [-0.39, 0.29) is 0 Å². The van der Waals surface area contributed by atoms with Crippen molar-refractivity contribution in [3.05, 3.63) is 6.04 Å². The highest BCUT2D eigenvalue weighted by molar-refractivity contribution is 4.85. The van der Waals surface area contributed by atoms with Gasteiger partial charge in [0.25, 0.3) is 0 Å². The molecule has 0 atom stereocenters. The Labute approximate surface area is 56.2 Å². The summed E-state index contributed by atoms with van der Waals surface area (Å²) in [5.74, 6) is 0. The van der Waals surface area contributed by atoms with Crippen LogP contribution >= 0.6 is 0 Å². The first kappa shape index (κ1) is 6.72. The number of nitrogens with zero attached hydrogens (tertiary/aromatic N) is 1. The molecule has 0 saturated heterocycles. The summed E-state index contributed by atoms with van der Waals surface area (Å²) in [6.45, 7) is 0. The summed E-state index contributed by atoms with van der Waals surface area (Å²) in [7, 11) is 0. The van der Waals surface area contributed by atoms with Gasteiger partial charge in [0.05, 0.1) is 0 Å². The Balaban J connectivity index is 2.26. The minimum absolute atomic E-state index is 1.07. The van der Waals surface area contributed by atoms with Gasteiger partial charge in [-0.3, -0.25) is 0 Å². The van der Waals surface area contributed by atoms with Gasteiger partial charge in [0, 0.05) is 0 Å². The van der Waals surface area contributed by atoms with Gasteiger partial charge in [-0.15, -0.1) is 0 Å². The molecule has 0 aromatic carbocycles. The first-order chi connectivity index (χ1) is 4.43. The fourth-order valence-electron chi connectivity index (χ4n) is 1.25. The van der Waals surface area contributed by atoms with Crippen LogP contribution in [0.5, 0.6) is 0 Å². The first-order valence-electron chi connectivity index (χ1n) is 3.65. The van der Waals surface area contributed by atoms with E-state index in [9.17, 15) is 0 Å². The maximum Gasteiger partial charge on any atom is 0.108 e. The molecular weight excluding hydrogens is 112 g/mol. The van der Waals surface area contributed by atoms with Crippen LogP contribution in [-0.4, -0.2) is 0 Å². The maximum atomic E-state index is 6.78. The maximum absolute atomic E-state index is 6.78. The molecule has 2 nitrogen and oxygen atoms in total. The summed E-state index contributed by atoms with van der Waals surface area (Å²) in [6.07, 6.45) is 7.31. The van der Waals surface area contributed by atoms with E-state index in [0.717, 1.165) is 18.9 Å². The van der Waals surface area contributed by atoms with Crippen molar-refractivity contribution in [1.29, 1.82) is 5.53 Å². The zero-order valence-corrected chi connectivity index (χ0v) is 5.69. The number of rotatable bonds is 1. The minimum atomic E-state index is 1.07. The Kier molecular flexibility index (Phi) is 2.68. The Bertz CT molecular complexity index is 82.9. The van der Waals surface area contributed by atoms with Crippen LogP contribution in [0, 0.1) is 11.6 Å². The van der Waals surface area contributed by atoms with Crippen molar-refractivity contribution in [2.45, 2.75) is 38.5 Å². The smallest absolute Gasteiger partial charge is 0.108 e. The van der Waals surface area contributed by atoms with Crippen molar-refractivity contribution in [2.24, 2.45) is 5.11 Å². The molecule has 0 bridgehead atoms. The van der Waals surface area contributed by atoms with Crippen LogP contribution in [-0.2, 0) is 0 Å². The van der Waals surface area contributed by atoms with E-state index in [1.165, 1.54) is 25.7 Å². The summed E-state index contributed by atoms with van der Waals surface area (Å²) in [5, 5.41) is 3.47.